The monoisotopic (exact) mass is 335 g/mol. The molecule has 2 unspecified atom stereocenters. The number of aromatic nitrogens is 1. The first-order valence-corrected chi connectivity index (χ1v) is 8.73. The number of carbonyl (C=O) groups is 1. The smallest absolute Gasteiger partial charge is 0.233 e. The largest absolute Gasteiger partial charge is 0.301 e. The summed E-state index contributed by atoms with van der Waals surface area (Å²) in [4.78, 5) is 17.2. The number of thiazole rings is 1. The molecule has 121 valence electrons. The molecule has 0 aliphatic carbocycles. The van der Waals surface area contributed by atoms with Crippen molar-refractivity contribution in [2.45, 2.75) is 12.8 Å². The molecule has 2 atom stereocenters. The van der Waals surface area contributed by atoms with Gasteiger partial charge in [0.15, 0.2) is 5.13 Å². The zero-order valence-corrected chi connectivity index (χ0v) is 14.3. The van der Waals surface area contributed by atoms with E-state index in [4.69, 9.17) is 0 Å². The Labute approximate surface area is 146 Å². The van der Waals surface area contributed by atoms with Gasteiger partial charge in [-0.1, -0.05) is 67.6 Å². The Hall–Kier alpha value is -2.46. The lowest BCUT2D eigenvalue weighted by molar-refractivity contribution is -0.118. The van der Waals surface area contributed by atoms with Gasteiger partial charge in [-0.15, -0.1) is 11.3 Å². The number of hydrogen-bond acceptors (Lipinski definition) is 3. The topological polar surface area (TPSA) is 42.0 Å². The maximum Gasteiger partial charge on any atom is 0.233 e. The van der Waals surface area contributed by atoms with Crippen LogP contribution in [0.25, 0.3) is 11.3 Å². The van der Waals surface area contributed by atoms with Gasteiger partial charge < -0.3 is 5.32 Å². The van der Waals surface area contributed by atoms with Crippen LogP contribution in [0.2, 0.25) is 0 Å². The Kier molecular flexibility index (Phi) is 5.06. The van der Waals surface area contributed by atoms with E-state index in [1.807, 2.05) is 73.0 Å². The van der Waals surface area contributed by atoms with E-state index in [0.717, 1.165) is 16.8 Å². The van der Waals surface area contributed by atoms with Gasteiger partial charge in [-0.3, -0.25) is 4.79 Å². The molecular weight excluding hydrogens is 316 g/mol. The quantitative estimate of drug-likeness (QED) is 0.713. The Morgan fingerprint density at radius 3 is 2.33 bits per heavy atom. The molecule has 1 radical (unpaired) electrons. The van der Waals surface area contributed by atoms with Gasteiger partial charge in [0.1, 0.15) is 0 Å². The predicted molar refractivity (Wildman–Crippen MR) is 99.9 cm³/mol. The second-order valence-electron chi connectivity index (χ2n) is 5.76. The molecule has 24 heavy (non-hydrogen) atoms. The molecule has 2 aromatic carbocycles. The first kappa shape index (κ1) is 16.4. The number of hydrogen-bond donors (Lipinski definition) is 1. The Morgan fingerprint density at radius 2 is 1.71 bits per heavy atom. The molecule has 1 aromatic heterocycles. The number of anilines is 1. The summed E-state index contributed by atoms with van der Waals surface area (Å²) in [7, 11) is 0. The molecule has 4 heteroatoms. The van der Waals surface area contributed by atoms with Crippen LogP contribution in [0, 0.1) is 12.8 Å². The van der Waals surface area contributed by atoms with Crippen molar-refractivity contribution >= 4 is 22.4 Å². The molecule has 3 nitrogen and oxygen atoms in total. The van der Waals surface area contributed by atoms with Crippen LogP contribution in [0.15, 0.2) is 66.0 Å². The minimum atomic E-state index is -0.296. The van der Waals surface area contributed by atoms with Crippen molar-refractivity contribution in [2.75, 3.05) is 5.32 Å². The van der Waals surface area contributed by atoms with E-state index in [9.17, 15) is 4.79 Å². The lowest BCUT2D eigenvalue weighted by Crippen LogP contribution is -2.25. The van der Waals surface area contributed by atoms with E-state index < -0.39 is 0 Å². The lowest BCUT2D eigenvalue weighted by atomic mass is 9.88. The van der Waals surface area contributed by atoms with Gasteiger partial charge in [0.25, 0.3) is 0 Å². The summed E-state index contributed by atoms with van der Waals surface area (Å²) in [6.07, 6.45) is 0. The van der Waals surface area contributed by atoms with Gasteiger partial charge in [0, 0.05) is 10.9 Å². The van der Waals surface area contributed by atoms with Crippen LogP contribution < -0.4 is 5.32 Å². The summed E-state index contributed by atoms with van der Waals surface area (Å²) in [5.74, 6) is -0.408. The minimum absolute atomic E-state index is 0.0408. The summed E-state index contributed by atoms with van der Waals surface area (Å²) < 4.78 is 0. The highest BCUT2D eigenvalue weighted by Gasteiger charge is 2.24. The average Bonchev–Trinajstić information content (AvgIpc) is 3.05. The zero-order chi connectivity index (χ0) is 16.9. The Balaban J connectivity index is 1.78. The maximum absolute atomic E-state index is 12.7. The molecule has 1 heterocycles. The van der Waals surface area contributed by atoms with Crippen molar-refractivity contribution in [2.24, 2.45) is 5.92 Å². The molecule has 3 aromatic rings. The molecule has 0 fully saturated rings. The zero-order valence-electron chi connectivity index (χ0n) is 13.5. The average molecular weight is 335 g/mol. The highest BCUT2D eigenvalue weighted by Crippen LogP contribution is 2.28. The van der Waals surface area contributed by atoms with E-state index in [0.29, 0.717) is 5.13 Å². The van der Waals surface area contributed by atoms with Crippen LogP contribution in [-0.4, -0.2) is 10.9 Å². The molecule has 3 rings (SSSR count). The van der Waals surface area contributed by atoms with Crippen molar-refractivity contribution < 1.29 is 4.79 Å². The third-order valence-electron chi connectivity index (χ3n) is 3.81. The minimum Gasteiger partial charge on any atom is -0.301 e. The fraction of sp³-hybridized carbons (Fsp3) is 0.150. The normalized spacial score (nSPS) is 12.1. The molecule has 0 saturated heterocycles. The summed E-state index contributed by atoms with van der Waals surface area (Å²) in [6, 6.07) is 19.7. The van der Waals surface area contributed by atoms with Crippen LogP contribution in [0.5, 0.6) is 0 Å². The molecule has 0 spiro atoms. The molecule has 1 amide bonds. The van der Waals surface area contributed by atoms with E-state index >= 15 is 0 Å². The van der Waals surface area contributed by atoms with Crippen molar-refractivity contribution in [1.82, 2.24) is 4.98 Å². The van der Waals surface area contributed by atoms with E-state index in [-0.39, 0.29) is 17.7 Å². The number of carbonyl (C=O) groups excluding carboxylic acids is 1. The molecule has 1 N–H and O–H groups in total. The van der Waals surface area contributed by atoms with Crippen LogP contribution in [0.4, 0.5) is 5.13 Å². The van der Waals surface area contributed by atoms with Gasteiger partial charge in [0.2, 0.25) is 5.91 Å². The van der Waals surface area contributed by atoms with Crippen molar-refractivity contribution in [3.63, 3.8) is 0 Å². The second kappa shape index (κ2) is 7.41. The highest BCUT2D eigenvalue weighted by molar-refractivity contribution is 7.14. The molecular formula is C20H19N2OS. The Morgan fingerprint density at radius 1 is 1.08 bits per heavy atom. The molecule has 0 aliphatic rings. The van der Waals surface area contributed by atoms with Crippen molar-refractivity contribution in [3.8, 4) is 11.3 Å². The first-order valence-electron chi connectivity index (χ1n) is 7.85. The predicted octanol–water partition coefficient (Wildman–Crippen LogP) is 5.00. The Bertz CT molecular complexity index is 797. The van der Waals surface area contributed by atoms with Gasteiger partial charge in [-0.2, -0.15) is 0 Å². The number of rotatable bonds is 5. The van der Waals surface area contributed by atoms with Crippen LogP contribution in [-0.2, 0) is 4.79 Å². The van der Waals surface area contributed by atoms with Gasteiger partial charge in [0.05, 0.1) is 11.6 Å². The molecule has 0 aliphatic heterocycles. The third-order valence-corrected chi connectivity index (χ3v) is 4.57. The molecule has 0 bridgehead atoms. The fourth-order valence-electron chi connectivity index (χ4n) is 2.65. The van der Waals surface area contributed by atoms with Crippen molar-refractivity contribution in [3.05, 3.63) is 78.5 Å². The maximum atomic E-state index is 12.7. The van der Waals surface area contributed by atoms with Gasteiger partial charge in [-0.05, 0) is 18.4 Å². The summed E-state index contributed by atoms with van der Waals surface area (Å²) in [5.41, 5.74) is 2.88. The van der Waals surface area contributed by atoms with Crippen LogP contribution in [0.1, 0.15) is 18.4 Å². The summed E-state index contributed by atoms with van der Waals surface area (Å²) >= 11 is 1.43. The van der Waals surface area contributed by atoms with Crippen LogP contribution >= 0.6 is 11.3 Å². The lowest BCUT2D eigenvalue weighted by Gasteiger charge is -2.19. The van der Waals surface area contributed by atoms with Gasteiger partial charge in [-0.25, -0.2) is 4.98 Å². The number of benzene rings is 2. The number of nitrogens with zero attached hydrogens (tertiary/aromatic N) is 1. The van der Waals surface area contributed by atoms with E-state index in [2.05, 4.69) is 17.2 Å². The van der Waals surface area contributed by atoms with E-state index in [1.54, 1.807) is 0 Å². The highest BCUT2D eigenvalue weighted by atomic mass is 32.1. The SMILES string of the molecule is [CH2]C(C)C(C(=O)Nc1nc(-c2ccccc2)cs1)c1ccccc1. The van der Waals surface area contributed by atoms with Crippen LogP contribution in [0.3, 0.4) is 0 Å². The standard InChI is InChI=1S/C20H19N2OS/c1-14(2)18(16-11-7-4-8-12-16)19(23)22-20-21-17(13-24-20)15-9-5-3-6-10-15/h3-14,18H,1H2,2H3,(H,21,22,23). The number of nitrogens with one attached hydrogen (secondary N) is 1. The summed E-state index contributed by atoms with van der Waals surface area (Å²) in [5, 5.41) is 5.51. The fourth-order valence-corrected chi connectivity index (χ4v) is 3.38. The third kappa shape index (κ3) is 3.71. The second-order valence-corrected chi connectivity index (χ2v) is 6.62. The van der Waals surface area contributed by atoms with E-state index in [1.165, 1.54) is 11.3 Å². The van der Waals surface area contributed by atoms with Crippen molar-refractivity contribution in [1.29, 1.82) is 0 Å². The molecule has 0 saturated carbocycles. The number of amides is 1. The first-order chi connectivity index (χ1) is 11.6. The summed E-state index contributed by atoms with van der Waals surface area (Å²) in [6.45, 7) is 6.01. The van der Waals surface area contributed by atoms with Gasteiger partial charge >= 0.3 is 0 Å².